The maximum absolute atomic E-state index is 12.0. The van der Waals surface area contributed by atoms with Crippen molar-refractivity contribution in [3.63, 3.8) is 0 Å². The number of carbonyl (C=O) groups is 1. The summed E-state index contributed by atoms with van der Waals surface area (Å²) in [7, 11) is 0. The molecule has 0 aliphatic heterocycles. The van der Waals surface area contributed by atoms with E-state index in [1.54, 1.807) is 12.1 Å². The van der Waals surface area contributed by atoms with Crippen molar-refractivity contribution >= 4 is 62.4 Å². The molecule has 126 valence electrons. The maximum Gasteiger partial charge on any atom is 0.251 e. The first kappa shape index (κ1) is 20.2. The third-order valence-corrected chi connectivity index (χ3v) is 4.73. The van der Waals surface area contributed by atoms with E-state index >= 15 is 0 Å². The summed E-state index contributed by atoms with van der Waals surface area (Å²) < 4.78 is 0. The van der Waals surface area contributed by atoms with Crippen molar-refractivity contribution < 1.29 is 4.79 Å². The van der Waals surface area contributed by atoms with Gasteiger partial charge < -0.3 is 16.0 Å². The average molecular weight is 439 g/mol. The van der Waals surface area contributed by atoms with Gasteiger partial charge in [-0.05, 0) is 37.3 Å². The number of benzene rings is 1. The topological polar surface area (TPSA) is 53.2 Å². The van der Waals surface area contributed by atoms with Crippen LogP contribution in [0.15, 0.2) is 30.5 Å². The van der Waals surface area contributed by atoms with E-state index in [1.165, 1.54) is 6.07 Å². The van der Waals surface area contributed by atoms with Gasteiger partial charge in [-0.2, -0.15) is 0 Å². The van der Waals surface area contributed by atoms with E-state index in [0.29, 0.717) is 26.4 Å². The monoisotopic (exact) mass is 437 g/mol. The SMILES string of the molecule is C=C(CNC(=O)c1ccc(Cl)c(Cl)c1)NC(=S)NC(C)[C@@H](C)Br. The zero-order valence-corrected chi connectivity index (χ0v) is 16.7. The summed E-state index contributed by atoms with van der Waals surface area (Å²) in [6.45, 7) is 8.09. The Morgan fingerprint density at radius 2 is 2.00 bits per heavy atom. The van der Waals surface area contributed by atoms with Gasteiger partial charge in [0.1, 0.15) is 0 Å². The van der Waals surface area contributed by atoms with Crippen molar-refractivity contribution in [3.8, 4) is 0 Å². The molecule has 8 heteroatoms. The Balaban J connectivity index is 2.45. The minimum Gasteiger partial charge on any atom is -0.359 e. The second-order valence-corrected chi connectivity index (χ2v) is 7.65. The van der Waals surface area contributed by atoms with Crippen LogP contribution in [-0.4, -0.2) is 28.4 Å². The van der Waals surface area contributed by atoms with Crippen LogP contribution in [0.4, 0.5) is 0 Å². The lowest BCUT2D eigenvalue weighted by Crippen LogP contribution is -2.44. The van der Waals surface area contributed by atoms with E-state index in [9.17, 15) is 4.79 Å². The van der Waals surface area contributed by atoms with Gasteiger partial charge in [0.15, 0.2) is 5.11 Å². The Hall–Kier alpha value is -0.820. The van der Waals surface area contributed by atoms with Crippen molar-refractivity contribution in [1.29, 1.82) is 0 Å². The molecule has 0 aromatic heterocycles. The zero-order chi connectivity index (χ0) is 17.6. The number of thiocarbonyl (C=S) groups is 1. The summed E-state index contributed by atoms with van der Waals surface area (Å²) >= 11 is 20.4. The molecule has 0 aliphatic carbocycles. The molecule has 1 rings (SSSR count). The molecule has 1 aromatic carbocycles. The van der Waals surface area contributed by atoms with Gasteiger partial charge in [-0.15, -0.1) is 0 Å². The van der Waals surface area contributed by atoms with Gasteiger partial charge in [0, 0.05) is 22.1 Å². The van der Waals surface area contributed by atoms with Crippen LogP contribution in [0.3, 0.4) is 0 Å². The van der Waals surface area contributed by atoms with Gasteiger partial charge in [-0.1, -0.05) is 52.6 Å². The molecule has 0 radical (unpaired) electrons. The van der Waals surface area contributed by atoms with E-state index in [4.69, 9.17) is 35.4 Å². The van der Waals surface area contributed by atoms with E-state index in [0.717, 1.165) is 0 Å². The summed E-state index contributed by atoms with van der Waals surface area (Å²) in [6.07, 6.45) is 0. The Morgan fingerprint density at radius 3 is 2.57 bits per heavy atom. The normalized spacial score (nSPS) is 12.9. The molecule has 2 atom stereocenters. The second-order valence-electron chi connectivity index (χ2n) is 4.98. The summed E-state index contributed by atoms with van der Waals surface area (Å²) in [5.74, 6) is -0.271. The fraction of sp³-hybridized carbons (Fsp3) is 0.333. The van der Waals surface area contributed by atoms with Crippen LogP contribution in [0.25, 0.3) is 0 Å². The molecule has 0 bridgehead atoms. The van der Waals surface area contributed by atoms with Gasteiger partial charge in [0.25, 0.3) is 5.91 Å². The number of alkyl halides is 1. The number of carbonyl (C=O) groups excluding carboxylic acids is 1. The van der Waals surface area contributed by atoms with Crippen LogP contribution >= 0.6 is 51.3 Å². The zero-order valence-electron chi connectivity index (χ0n) is 12.8. The van der Waals surface area contributed by atoms with Crippen LogP contribution in [0.5, 0.6) is 0 Å². The van der Waals surface area contributed by atoms with Crippen molar-refractivity contribution in [2.24, 2.45) is 0 Å². The molecule has 0 fully saturated rings. The van der Waals surface area contributed by atoms with Crippen LogP contribution in [0.1, 0.15) is 24.2 Å². The van der Waals surface area contributed by atoms with E-state index < -0.39 is 0 Å². The number of halogens is 3. The van der Waals surface area contributed by atoms with Crippen molar-refractivity contribution in [2.75, 3.05) is 6.54 Å². The first-order valence-corrected chi connectivity index (χ1v) is 8.91. The quantitative estimate of drug-likeness (QED) is 0.466. The fourth-order valence-electron chi connectivity index (χ4n) is 1.49. The average Bonchev–Trinajstić information content (AvgIpc) is 2.47. The Kier molecular flexibility index (Phi) is 8.33. The highest BCUT2D eigenvalue weighted by atomic mass is 79.9. The molecule has 4 nitrogen and oxygen atoms in total. The van der Waals surface area contributed by atoms with Gasteiger partial charge >= 0.3 is 0 Å². The van der Waals surface area contributed by atoms with Gasteiger partial charge in [0.2, 0.25) is 0 Å². The van der Waals surface area contributed by atoms with Crippen LogP contribution in [0, 0.1) is 0 Å². The summed E-state index contributed by atoms with van der Waals surface area (Å²) in [5.41, 5.74) is 1.000. The van der Waals surface area contributed by atoms with Crippen LogP contribution in [-0.2, 0) is 0 Å². The van der Waals surface area contributed by atoms with E-state index in [2.05, 4.69) is 38.5 Å². The summed E-state index contributed by atoms with van der Waals surface area (Å²) in [6, 6.07) is 4.85. The fourth-order valence-corrected chi connectivity index (χ4v) is 2.25. The molecule has 3 N–H and O–H groups in total. The highest BCUT2D eigenvalue weighted by Crippen LogP contribution is 2.22. The first-order valence-electron chi connectivity index (χ1n) is 6.83. The number of rotatable bonds is 6. The van der Waals surface area contributed by atoms with E-state index in [1.807, 2.05) is 13.8 Å². The van der Waals surface area contributed by atoms with Crippen molar-refractivity contribution in [2.45, 2.75) is 24.7 Å². The Bertz CT molecular complexity index is 610. The lowest BCUT2D eigenvalue weighted by atomic mass is 10.2. The highest BCUT2D eigenvalue weighted by Gasteiger charge is 2.11. The van der Waals surface area contributed by atoms with Crippen molar-refractivity contribution in [1.82, 2.24) is 16.0 Å². The molecule has 1 aromatic rings. The lowest BCUT2D eigenvalue weighted by Gasteiger charge is -2.19. The molecule has 0 saturated carbocycles. The minimum absolute atomic E-state index is 0.161. The molecule has 23 heavy (non-hydrogen) atoms. The smallest absolute Gasteiger partial charge is 0.251 e. The lowest BCUT2D eigenvalue weighted by molar-refractivity contribution is 0.0956. The first-order chi connectivity index (χ1) is 10.7. The molecule has 1 amide bonds. The van der Waals surface area contributed by atoms with E-state index in [-0.39, 0.29) is 23.3 Å². The number of hydrogen-bond donors (Lipinski definition) is 3. The number of nitrogens with one attached hydrogen (secondary N) is 3. The third-order valence-electron chi connectivity index (χ3n) is 2.98. The van der Waals surface area contributed by atoms with Crippen molar-refractivity contribution in [3.05, 3.63) is 46.1 Å². The Morgan fingerprint density at radius 1 is 1.35 bits per heavy atom. The van der Waals surface area contributed by atoms with Crippen LogP contribution in [0.2, 0.25) is 10.0 Å². The minimum atomic E-state index is -0.271. The van der Waals surface area contributed by atoms with Crippen LogP contribution < -0.4 is 16.0 Å². The Labute approximate surface area is 160 Å². The number of hydrogen-bond acceptors (Lipinski definition) is 2. The molecule has 0 heterocycles. The molecular formula is C15H18BrCl2N3OS. The maximum atomic E-state index is 12.0. The van der Waals surface area contributed by atoms with Gasteiger partial charge in [-0.25, -0.2) is 0 Å². The molecule has 0 saturated heterocycles. The largest absolute Gasteiger partial charge is 0.359 e. The number of amides is 1. The highest BCUT2D eigenvalue weighted by molar-refractivity contribution is 9.09. The summed E-state index contributed by atoms with van der Waals surface area (Å²) in [4.78, 5) is 12.3. The standard InChI is InChI=1S/C15H18BrCl2N3OS/c1-8(20-15(23)21-10(3)9(2)16)7-19-14(22)11-4-5-12(17)13(18)6-11/h4-6,9-10H,1,7H2,2-3H3,(H,19,22)(H2,20,21,23)/t9-,10?/m1/s1. The van der Waals surface area contributed by atoms with Gasteiger partial charge in [-0.3, -0.25) is 4.79 Å². The summed E-state index contributed by atoms with van der Waals surface area (Å²) in [5, 5.41) is 9.97. The molecule has 0 aliphatic rings. The predicted octanol–water partition coefficient (Wildman–Crippen LogP) is 3.87. The predicted molar refractivity (Wildman–Crippen MR) is 105 cm³/mol. The third kappa shape index (κ3) is 7.08. The van der Waals surface area contributed by atoms with Gasteiger partial charge in [0.05, 0.1) is 16.6 Å². The second kappa shape index (κ2) is 9.47. The molecule has 1 unspecified atom stereocenters. The molecule has 0 spiro atoms. The molecular weight excluding hydrogens is 421 g/mol.